The minimum absolute atomic E-state index is 0.0948. The maximum Gasteiger partial charge on any atom is 0.192 e. The van der Waals surface area contributed by atoms with E-state index in [1.54, 1.807) is 12.1 Å². The maximum absolute atomic E-state index is 13.6. The molecule has 3 nitrogen and oxygen atoms in total. The van der Waals surface area contributed by atoms with Crippen molar-refractivity contribution in [3.05, 3.63) is 71.5 Å². The van der Waals surface area contributed by atoms with Crippen molar-refractivity contribution >= 4 is 11.6 Å². The second-order valence-electron chi connectivity index (χ2n) is 4.58. The molecule has 0 radical (unpaired) electrons. The molecule has 0 saturated heterocycles. The number of amidine groups is 1. The van der Waals surface area contributed by atoms with Crippen LogP contribution < -0.4 is 5.32 Å². The number of Topliss-reactive ketones (excluding diaryl/α,β-unsaturated/α-hetero) is 1. The summed E-state index contributed by atoms with van der Waals surface area (Å²) in [7, 11) is 0. The summed E-state index contributed by atoms with van der Waals surface area (Å²) in [6, 6.07) is 15.0. The van der Waals surface area contributed by atoms with Gasteiger partial charge in [-0.1, -0.05) is 42.5 Å². The summed E-state index contributed by atoms with van der Waals surface area (Å²) < 4.78 is 13.6. The Morgan fingerprint density at radius 1 is 1.10 bits per heavy atom. The first-order valence-electron chi connectivity index (χ1n) is 6.41. The monoisotopic (exact) mass is 268 g/mol. The van der Waals surface area contributed by atoms with Gasteiger partial charge in [0.05, 0.1) is 5.56 Å². The molecule has 1 atom stereocenters. The summed E-state index contributed by atoms with van der Waals surface area (Å²) in [6.45, 7) is 0.400. The van der Waals surface area contributed by atoms with Crippen molar-refractivity contribution in [2.24, 2.45) is 4.99 Å². The average molecular weight is 268 g/mol. The predicted molar refractivity (Wildman–Crippen MR) is 75.5 cm³/mol. The van der Waals surface area contributed by atoms with Gasteiger partial charge in [0.1, 0.15) is 17.7 Å². The number of nitrogens with one attached hydrogen (secondary N) is 1. The van der Waals surface area contributed by atoms with Crippen molar-refractivity contribution < 1.29 is 9.18 Å². The minimum Gasteiger partial charge on any atom is -0.367 e. The van der Waals surface area contributed by atoms with Crippen LogP contribution in [-0.4, -0.2) is 24.2 Å². The first-order chi connectivity index (χ1) is 9.75. The molecule has 0 spiro atoms. The Balaban J connectivity index is 1.85. The second kappa shape index (κ2) is 5.25. The Bertz CT molecular complexity index is 667. The first kappa shape index (κ1) is 12.5. The fourth-order valence-electron chi connectivity index (χ4n) is 2.20. The molecule has 1 heterocycles. The zero-order valence-electron chi connectivity index (χ0n) is 10.7. The zero-order chi connectivity index (χ0) is 13.9. The van der Waals surface area contributed by atoms with Crippen LogP contribution >= 0.6 is 0 Å². The average Bonchev–Trinajstić information content (AvgIpc) is 2.98. The van der Waals surface area contributed by atoms with E-state index in [0.717, 1.165) is 5.56 Å². The molecule has 2 aromatic rings. The van der Waals surface area contributed by atoms with Gasteiger partial charge in [-0.3, -0.25) is 9.79 Å². The second-order valence-corrected chi connectivity index (χ2v) is 4.58. The molecule has 20 heavy (non-hydrogen) atoms. The highest BCUT2D eigenvalue weighted by atomic mass is 19.1. The molecule has 2 aromatic carbocycles. The molecular weight excluding hydrogens is 255 g/mol. The van der Waals surface area contributed by atoms with Crippen molar-refractivity contribution in [3.8, 4) is 0 Å². The molecule has 0 saturated carbocycles. The summed E-state index contributed by atoms with van der Waals surface area (Å²) in [5, 5.41) is 3.10. The lowest BCUT2D eigenvalue weighted by molar-refractivity contribution is 0.0963. The number of carbonyl (C=O) groups is 1. The van der Waals surface area contributed by atoms with Crippen molar-refractivity contribution in [2.75, 3.05) is 6.54 Å². The SMILES string of the molecule is O=C(c1ccccc1F)C1CNC(c2ccccc2)=N1. The number of aliphatic imine (C=N–C) groups is 1. The summed E-state index contributed by atoms with van der Waals surface area (Å²) in [4.78, 5) is 16.6. The number of hydrogen-bond acceptors (Lipinski definition) is 3. The van der Waals surface area contributed by atoms with Gasteiger partial charge in [0.15, 0.2) is 5.78 Å². The van der Waals surface area contributed by atoms with Crippen molar-refractivity contribution in [2.45, 2.75) is 6.04 Å². The van der Waals surface area contributed by atoms with Gasteiger partial charge in [0, 0.05) is 12.1 Å². The number of benzene rings is 2. The molecule has 3 rings (SSSR count). The van der Waals surface area contributed by atoms with E-state index >= 15 is 0 Å². The van der Waals surface area contributed by atoms with Gasteiger partial charge in [-0.2, -0.15) is 0 Å². The van der Waals surface area contributed by atoms with Gasteiger partial charge >= 0.3 is 0 Å². The quantitative estimate of drug-likeness (QED) is 0.869. The van der Waals surface area contributed by atoms with Crippen molar-refractivity contribution in [3.63, 3.8) is 0 Å². The maximum atomic E-state index is 13.6. The van der Waals surface area contributed by atoms with E-state index in [1.807, 2.05) is 30.3 Å². The van der Waals surface area contributed by atoms with Gasteiger partial charge in [-0.05, 0) is 12.1 Å². The number of nitrogens with zero attached hydrogens (tertiary/aromatic N) is 1. The third kappa shape index (κ3) is 2.32. The summed E-state index contributed by atoms with van der Waals surface area (Å²) in [5.74, 6) is -0.109. The number of carbonyl (C=O) groups excluding carboxylic acids is 1. The van der Waals surface area contributed by atoms with Crippen molar-refractivity contribution in [1.82, 2.24) is 5.32 Å². The van der Waals surface area contributed by atoms with Crippen LogP contribution in [0.25, 0.3) is 0 Å². The Morgan fingerprint density at radius 2 is 1.80 bits per heavy atom. The molecule has 1 aliphatic heterocycles. The molecule has 0 fully saturated rings. The van der Waals surface area contributed by atoms with E-state index in [0.29, 0.717) is 12.4 Å². The van der Waals surface area contributed by atoms with Gasteiger partial charge in [-0.15, -0.1) is 0 Å². The lowest BCUT2D eigenvalue weighted by Gasteiger charge is -2.05. The first-order valence-corrected chi connectivity index (χ1v) is 6.41. The van der Waals surface area contributed by atoms with E-state index in [1.165, 1.54) is 12.1 Å². The fourth-order valence-corrected chi connectivity index (χ4v) is 2.20. The van der Waals surface area contributed by atoms with Crippen LogP contribution in [0, 0.1) is 5.82 Å². The number of rotatable bonds is 3. The summed E-state index contributed by atoms with van der Waals surface area (Å²) >= 11 is 0. The Hall–Kier alpha value is -2.49. The van der Waals surface area contributed by atoms with Crippen LogP contribution in [0.3, 0.4) is 0 Å². The highest BCUT2D eigenvalue weighted by molar-refractivity contribution is 6.07. The third-order valence-corrected chi connectivity index (χ3v) is 3.24. The number of halogens is 1. The zero-order valence-corrected chi connectivity index (χ0v) is 10.7. The summed E-state index contributed by atoms with van der Waals surface area (Å²) in [6.07, 6.45) is 0. The number of ketones is 1. The molecule has 1 aliphatic rings. The third-order valence-electron chi connectivity index (χ3n) is 3.24. The van der Waals surface area contributed by atoms with E-state index in [2.05, 4.69) is 10.3 Å². The van der Waals surface area contributed by atoms with Crippen LogP contribution in [0.2, 0.25) is 0 Å². The van der Waals surface area contributed by atoms with Gasteiger partial charge < -0.3 is 5.32 Å². The Morgan fingerprint density at radius 3 is 2.55 bits per heavy atom. The normalized spacial score (nSPS) is 17.4. The molecule has 0 bridgehead atoms. The molecule has 1 N–H and O–H groups in total. The predicted octanol–water partition coefficient (Wildman–Crippen LogP) is 2.43. The number of hydrogen-bond donors (Lipinski definition) is 1. The molecule has 4 heteroatoms. The van der Waals surface area contributed by atoms with Crippen molar-refractivity contribution in [1.29, 1.82) is 0 Å². The van der Waals surface area contributed by atoms with E-state index in [-0.39, 0.29) is 11.3 Å². The lowest BCUT2D eigenvalue weighted by atomic mass is 10.0. The molecule has 0 amide bonds. The molecule has 0 aliphatic carbocycles. The van der Waals surface area contributed by atoms with Crippen LogP contribution in [-0.2, 0) is 0 Å². The molecule has 1 unspecified atom stereocenters. The van der Waals surface area contributed by atoms with Crippen LogP contribution in [0.15, 0.2) is 59.6 Å². The fraction of sp³-hybridized carbons (Fsp3) is 0.125. The van der Waals surface area contributed by atoms with Gasteiger partial charge in [-0.25, -0.2) is 4.39 Å². The molecular formula is C16H13FN2O. The summed E-state index contributed by atoms with van der Waals surface area (Å²) in [5.41, 5.74) is 1.02. The van der Waals surface area contributed by atoms with E-state index < -0.39 is 11.9 Å². The lowest BCUT2D eigenvalue weighted by Crippen LogP contribution is -2.27. The standard InChI is InChI=1S/C16H13FN2O/c17-13-9-5-4-8-12(13)15(20)14-10-18-16(19-14)11-6-2-1-3-7-11/h1-9,14H,10H2,(H,18,19). The minimum atomic E-state index is -0.567. The van der Waals surface area contributed by atoms with Crippen LogP contribution in [0.1, 0.15) is 15.9 Å². The topological polar surface area (TPSA) is 41.5 Å². The van der Waals surface area contributed by atoms with E-state index in [9.17, 15) is 9.18 Å². The van der Waals surface area contributed by atoms with E-state index in [4.69, 9.17) is 0 Å². The Kier molecular flexibility index (Phi) is 3.29. The van der Waals surface area contributed by atoms with Crippen LogP contribution in [0.5, 0.6) is 0 Å². The van der Waals surface area contributed by atoms with Crippen LogP contribution in [0.4, 0.5) is 4.39 Å². The van der Waals surface area contributed by atoms with Gasteiger partial charge in [0.2, 0.25) is 0 Å². The molecule has 0 aromatic heterocycles. The van der Waals surface area contributed by atoms with Gasteiger partial charge in [0.25, 0.3) is 0 Å². The largest absolute Gasteiger partial charge is 0.367 e. The highest BCUT2D eigenvalue weighted by Crippen LogP contribution is 2.14. The highest BCUT2D eigenvalue weighted by Gasteiger charge is 2.27. The molecule has 100 valence electrons. The smallest absolute Gasteiger partial charge is 0.192 e. The Labute approximate surface area is 116 Å².